The zero-order valence-electron chi connectivity index (χ0n) is 16.3. The van der Waals surface area contributed by atoms with Gasteiger partial charge in [0.1, 0.15) is 6.04 Å². The van der Waals surface area contributed by atoms with Crippen molar-refractivity contribution in [1.29, 1.82) is 0 Å². The number of benzene rings is 2. The number of hydrogen-bond acceptors (Lipinski definition) is 4. The predicted octanol–water partition coefficient (Wildman–Crippen LogP) is 1.98. The zero-order valence-corrected chi connectivity index (χ0v) is 17.1. The molecule has 1 saturated heterocycles. The second kappa shape index (κ2) is 9.87. The predicted molar refractivity (Wildman–Crippen MR) is 114 cm³/mol. The Bertz CT molecular complexity index is 859. The van der Waals surface area contributed by atoms with Crippen LogP contribution in [-0.2, 0) is 29.1 Å². The Kier molecular flexibility index (Phi) is 7.25. The summed E-state index contributed by atoms with van der Waals surface area (Å²) in [7, 11) is 0. The highest BCUT2D eigenvalue weighted by atomic mass is 35.5. The van der Waals surface area contributed by atoms with Crippen LogP contribution in [0.5, 0.6) is 0 Å². The summed E-state index contributed by atoms with van der Waals surface area (Å²) in [6.07, 6.45) is 1.87. The fourth-order valence-electron chi connectivity index (χ4n) is 3.73. The molecule has 1 heterocycles. The Hall–Kier alpha value is -2.41. The van der Waals surface area contributed by atoms with Crippen molar-refractivity contribution in [3.8, 4) is 0 Å². The standard InChI is InChI=1S/C22H27ClN4O2/c23-18-9-8-16(13-24)17(12-18)14-26-21(28)20-7-4-10-27(20)22(29)19(25)11-15-5-2-1-3-6-15/h1-3,5-6,8-9,12,19-20H,4,7,10-11,13-14,24-25H2,(H,26,28). The van der Waals surface area contributed by atoms with E-state index in [4.69, 9.17) is 23.1 Å². The van der Waals surface area contributed by atoms with Gasteiger partial charge in [-0.1, -0.05) is 48.0 Å². The van der Waals surface area contributed by atoms with Crippen molar-refractivity contribution >= 4 is 23.4 Å². The number of hydrogen-bond donors (Lipinski definition) is 3. The minimum absolute atomic E-state index is 0.175. The van der Waals surface area contributed by atoms with Crippen molar-refractivity contribution in [2.75, 3.05) is 6.54 Å². The molecule has 1 aliphatic heterocycles. The molecular formula is C22H27ClN4O2. The molecule has 3 rings (SSSR count). The first-order valence-electron chi connectivity index (χ1n) is 9.84. The van der Waals surface area contributed by atoms with E-state index >= 15 is 0 Å². The number of nitrogens with one attached hydrogen (secondary N) is 1. The van der Waals surface area contributed by atoms with Gasteiger partial charge in [-0.15, -0.1) is 0 Å². The lowest BCUT2D eigenvalue weighted by Crippen LogP contribution is -2.51. The van der Waals surface area contributed by atoms with Crippen molar-refractivity contribution in [3.05, 3.63) is 70.2 Å². The van der Waals surface area contributed by atoms with Crippen LogP contribution in [0.3, 0.4) is 0 Å². The van der Waals surface area contributed by atoms with Gasteiger partial charge in [0.25, 0.3) is 0 Å². The van der Waals surface area contributed by atoms with Gasteiger partial charge < -0.3 is 21.7 Å². The monoisotopic (exact) mass is 414 g/mol. The molecule has 0 aliphatic carbocycles. The first kappa shape index (κ1) is 21.3. The minimum Gasteiger partial charge on any atom is -0.350 e. The summed E-state index contributed by atoms with van der Waals surface area (Å²) in [5.74, 6) is -0.359. The van der Waals surface area contributed by atoms with Gasteiger partial charge in [-0.3, -0.25) is 9.59 Å². The molecule has 0 aromatic heterocycles. The smallest absolute Gasteiger partial charge is 0.243 e. The molecule has 0 saturated carbocycles. The maximum absolute atomic E-state index is 12.9. The molecule has 0 radical (unpaired) electrons. The Labute approximate surface area is 176 Å². The van der Waals surface area contributed by atoms with Crippen LogP contribution in [0.15, 0.2) is 48.5 Å². The second-order valence-electron chi connectivity index (χ2n) is 7.32. The minimum atomic E-state index is -0.664. The van der Waals surface area contributed by atoms with Crippen LogP contribution in [0, 0.1) is 0 Å². The number of amides is 2. The average molecular weight is 415 g/mol. The van der Waals surface area contributed by atoms with Gasteiger partial charge in [0.2, 0.25) is 11.8 Å². The summed E-state index contributed by atoms with van der Waals surface area (Å²) in [5, 5.41) is 3.52. The molecule has 1 aliphatic rings. The van der Waals surface area contributed by atoms with Gasteiger partial charge in [-0.2, -0.15) is 0 Å². The Balaban J connectivity index is 1.61. The molecular weight excluding hydrogens is 388 g/mol. The number of carbonyl (C=O) groups excluding carboxylic acids is 2. The molecule has 154 valence electrons. The van der Waals surface area contributed by atoms with Gasteiger partial charge in [0.05, 0.1) is 6.04 Å². The number of likely N-dealkylation sites (tertiary alicyclic amines) is 1. The van der Waals surface area contributed by atoms with E-state index in [0.29, 0.717) is 37.5 Å². The van der Waals surface area contributed by atoms with Crippen molar-refractivity contribution in [2.45, 2.75) is 44.4 Å². The molecule has 2 aromatic rings. The Morgan fingerprint density at radius 3 is 2.66 bits per heavy atom. The van der Waals surface area contributed by atoms with E-state index in [2.05, 4.69) is 5.32 Å². The largest absolute Gasteiger partial charge is 0.350 e. The topological polar surface area (TPSA) is 101 Å². The maximum atomic E-state index is 12.9. The summed E-state index contributed by atoms with van der Waals surface area (Å²) < 4.78 is 0. The number of carbonyl (C=O) groups is 2. The van der Waals surface area contributed by atoms with Gasteiger partial charge in [-0.05, 0) is 48.1 Å². The molecule has 1 fully saturated rings. The lowest BCUT2D eigenvalue weighted by Gasteiger charge is -2.27. The summed E-state index contributed by atoms with van der Waals surface area (Å²) in [4.78, 5) is 27.3. The van der Waals surface area contributed by atoms with E-state index in [-0.39, 0.29) is 11.8 Å². The zero-order chi connectivity index (χ0) is 20.8. The van der Waals surface area contributed by atoms with Crippen molar-refractivity contribution in [1.82, 2.24) is 10.2 Å². The van der Waals surface area contributed by atoms with Crippen LogP contribution in [0.25, 0.3) is 0 Å². The van der Waals surface area contributed by atoms with E-state index < -0.39 is 12.1 Å². The van der Waals surface area contributed by atoms with Crippen LogP contribution in [0.1, 0.15) is 29.5 Å². The third-order valence-corrected chi connectivity index (χ3v) is 5.53. The van der Waals surface area contributed by atoms with Gasteiger partial charge in [0.15, 0.2) is 0 Å². The van der Waals surface area contributed by atoms with Gasteiger partial charge >= 0.3 is 0 Å². The van der Waals surface area contributed by atoms with Crippen LogP contribution in [-0.4, -0.2) is 35.3 Å². The molecule has 0 spiro atoms. The first-order valence-corrected chi connectivity index (χ1v) is 10.2. The molecule has 2 aromatic carbocycles. The lowest BCUT2D eigenvalue weighted by atomic mass is 10.0. The number of halogens is 1. The maximum Gasteiger partial charge on any atom is 0.243 e. The van der Waals surface area contributed by atoms with Crippen LogP contribution in [0.4, 0.5) is 0 Å². The van der Waals surface area contributed by atoms with E-state index in [9.17, 15) is 9.59 Å². The summed E-state index contributed by atoms with van der Waals surface area (Å²) >= 11 is 6.06. The van der Waals surface area contributed by atoms with Gasteiger partial charge in [0, 0.05) is 24.7 Å². The van der Waals surface area contributed by atoms with Crippen LogP contribution < -0.4 is 16.8 Å². The Morgan fingerprint density at radius 2 is 1.93 bits per heavy atom. The summed E-state index contributed by atoms with van der Waals surface area (Å²) in [6.45, 7) is 1.23. The molecule has 7 heteroatoms. The van der Waals surface area contributed by atoms with Crippen molar-refractivity contribution in [3.63, 3.8) is 0 Å². The molecule has 2 unspecified atom stereocenters. The van der Waals surface area contributed by atoms with E-state index in [1.165, 1.54) is 0 Å². The average Bonchev–Trinajstić information content (AvgIpc) is 3.22. The number of rotatable bonds is 7. The van der Waals surface area contributed by atoms with Gasteiger partial charge in [-0.25, -0.2) is 0 Å². The Morgan fingerprint density at radius 1 is 1.17 bits per heavy atom. The molecule has 0 bridgehead atoms. The molecule has 2 atom stereocenters. The van der Waals surface area contributed by atoms with Crippen molar-refractivity contribution < 1.29 is 9.59 Å². The first-order chi connectivity index (χ1) is 14.0. The highest BCUT2D eigenvalue weighted by Gasteiger charge is 2.36. The highest BCUT2D eigenvalue weighted by Crippen LogP contribution is 2.20. The number of nitrogens with zero attached hydrogens (tertiary/aromatic N) is 1. The second-order valence-corrected chi connectivity index (χ2v) is 7.76. The fourth-order valence-corrected chi connectivity index (χ4v) is 3.92. The summed E-state index contributed by atoms with van der Waals surface area (Å²) in [5.41, 5.74) is 14.7. The molecule has 5 N–H and O–H groups in total. The highest BCUT2D eigenvalue weighted by molar-refractivity contribution is 6.30. The SMILES string of the molecule is NCc1ccc(Cl)cc1CNC(=O)C1CCCN1C(=O)C(N)Cc1ccccc1. The van der Waals surface area contributed by atoms with Crippen LogP contribution in [0.2, 0.25) is 5.02 Å². The molecule has 6 nitrogen and oxygen atoms in total. The molecule has 2 amide bonds. The number of nitrogens with two attached hydrogens (primary N) is 2. The van der Waals surface area contributed by atoms with E-state index in [1.54, 1.807) is 17.0 Å². The van der Waals surface area contributed by atoms with E-state index in [1.807, 2.05) is 36.4 Å². The third kappa shape index (κ3) is 5.35. The van der Waals surface area contributed by atoms with E-state index in [0.717, 1.165) is 23.1 Å². The normalized spacial score (nSPS) is 17.2. The quantitative estimate of drug-likeness (QED) is 0.644. The third-order valence-electron chi connectivity index (χ3n) is 5.30. The summed E-state index contributed by atoms with van der Waals surface area (Å²) in [6, 6.07) is 13.9. The van der Waals surface area contributed by atoms with Crippen molar-refractivity contribution in [2.24, 2.45) is 11.5 Å². The lowest BCUT2D eigenvalue weighted by molar-refractivity contribution is -0.139. The van der Waals surface area contributed by atoms with Crippen LogP contribution >= 0.6 is 11.6 Å². The molecule has 29 heavy (non-hydrogen) atoms. The fraction of sp³-hybridized carbons (Fsp3) is 0.364.